The van der Waals surface area contributed by atoms with E-state index in [-0.39, 0.29) is 11.5 Å². The zero-order valence-electron chi connectivity index (χ0n) is 17.2. The quantitative estimate of drug-likeness (QED) is 0.403. The lowest BCUT2D eigenvalue weighted by Gasteiger charge is -2.22. The van der Waals surface area contributed by atoms with E-state index in [1.54, 1.807) is 29.5 Å². The van der Waals surface area contributed by atoms with E-state index in [0.29, 0.717) is 40.9 Å². The van der Waals surface area contributed by atoms with E-state index in [0.717, 1.165) is 11.3 Å². The van der Waals surface area contributed by atoms with Gasteiger partial charge in [0, 0.05) is 23.5 Å². The van der Waals surface area contributed by atoms with Crippen LogP contribution in [0.15, 0.2) is 70.8 Å². The van der Waals surface area contributed by atoms with Crippen LogP contribution >= 0.6 is 23.6 Å². The van der Waals surface area contributed by atoms with Crippen LogP contribution < -0.4 is 5.56 Å². The van der Waals surface area contributed by atoms with Crippen molar-refractivity contribution in [2.24, 2.45) is 0 Å². The zero-order valence-corrected chi connectivity index (χ0v) is 18.8. The number of thiophene rings is 1. The maximum atomic E-state index is 13.4. The number of aromatic nitrogens is 2. The van der Waals surface area contributed by atoms with E-state index in [2.05, 4.69) is 17.1 Å². The van der Waals surface area contributed by atoms with Crippen LogP contribution in [0.5, 0.6) is 0 Å². The second kappa shape index (κ2) is 9.41. The van der Waals surface area contributed by atoms with Gasteiger partial charge in [-0.15, -0.1) is 11.3 Å². The van der Waals surface area contributed by atoms with Gasteiger partial charge in [-0.25, -0.2) is 0 Å². The van der Waals surface area contributed by atoms with Crippen LogP contribution in [0.2, 0.25) is 0 Å². The van der Waals surface area contributed by atoms with Crippen molar-refractivity contribution in [2.45, 2.75) is 26.4 Å². The van der Waals surface area contributed by atoms with Crippen molar-refractivity contribution in [2.75, 3.05) is 6.54 Å². The smallest absolute Gasteiger partial charge is 0.262 e. The number of aromatic amines is 1. The molecule has 31 heavy (non-hydrogen) atoms. The third-order valence-corrected chi connectivity index (χ3v) is 6.46. The highest BCUT2D eigenvalue weighted by molar-refractivity contribution is 7.71. The molecule has 0 radical (unpaired) electrons. The fourth-order valence-corrected chi connectivity index (χ4v) is 4.65. The van der Waals surface area contributed by atoms with Crippen molar-refractivity contribution < 1.29 is 4.79 Å². The molecule has 0 unspecified atom stereocenters. The Morgan fingerprint density at radius 2 is 1.94 bits per heavy atom. The van der Waals surface area contributed by atoms with Crippen LogP contribution in [0.1, 0.15) is 27.7 Å². The summed E-state index contributed by atoms with van der Waals surface area (Å²) in [5.74, 6) is -0.0646. The number of benzene rings is 2. The first-order chi connectivity index (χ1) is 15.1. The number of hydrogen-bond acceptors (Lipinski definition) is 4. The third-order valence-electron chi connectivity index (χ3n) is 5.27. The average molecular weight is 450 g/mol. The van der Waals surface area contributed by atoms with Crippen LogP contribution in [0, 0.1) is 4.77 Å². The topological polar surface area (TPSA) is 58.1 Å². The van der Waals surface area contributed by atoms with Gasteiger partial charge in [-0.05, 0) is 60.8 Å². The monoisotopic (exact) mass is 449 g/mol. The van der Waals surface area contributed by atoms with Crippen LogP contribution in [0.4, 0.5) is 0 Å². The Labute approximate surface area is 189 Å². The number of rotatable bonds is 7. The lowest BCUT2D eigenvalue weighted by Crippen LogP contribution is -2.32. The second-order valence-corrected chi connectivity index (χ2v) is 8.70. The number of carbonyl (C=O) groups is 1. The summed E-state index contributed by atoms with van der Waals surface area (Å²) in [4.78, 5) is 32.2. The van der Waals surface area contributed by atoms with E-state index in [9.17, 15) is 9.59 Å². The number of carbonyl (C=O) groups excluding carboxylic acids is 1. The molecule has 0 atom stereocenters. The Morgan fingerprint density at radius 3 is 2.65 bits per heavy atom. The molecule has 0 bridgehead atoms. The third kappa shape index (κ3) is 4.68. The van der Waals surface area contributed by atoms with Gasteiger partial charge in [0.1, 0.15) is 0 Å². The van der Waals surface area contributed by atoms with Crippen molar-refractivity contribution in [1.29, 1.82) is 0 Å². The van der Waals surface area contributed by atoms with Crippen molar-refractivity contribution in [3.05, 3.63) is 97.2 Å². The SMILES string of the molecule is CCn1c(=S)[nH]c2cc(C(=O)N(CCc3ccccc3)Cc3cccs3)ccc2c1=O. The molecule has 0 aliphatic rings. The van der Waals surface area contributed by atoms with Crippen molar-refractivity contribution >= 4 is 40.4 Å². The standard InChI is InChI=1S/C24H23N3O2S2/c1-2-27-23(29)20-11-10-18(15-21(20)25-24(27)30)22(28)26(16-19-9-6-14-31-19)13-12-17-7-4-3-5-8-17/h3-11,14-15H,2,12-13,16H2,1H3,(H,25,30). The molecule has 2 aromatic heterocycles. The van der Waals surface area contributed by atoms with Gasteiger partial charge >= 0.3 is 0 Å². The summed E-state index contributed by atoms with van der Waals surface area (Å²) in [5, 5.41) is 2.55. The van der Waals surface area contributed by atoms with Crippen LogP contribution in [-0.4, -0.2) is 26.9 Å². The van der Waals surface area contributed by atoms with Crippen molar-refractivity contribution in [1.82, 2.24) is 14.5 Å². The first-order valence-electron chi connectivity index (χ1n) is 10.2. The highest BCUT2D eigenvalue weighted by Gasteiger charge is 2.18. The van der Waals surface area contributed by atoms with E-state index in [4.69, 9.17) is 12.2 Å². The van der Waals surface area contributed by atoms with E-state index in [1.165, 1.54) is 10.1 Å². The molecule has 4 rings (SSSR count). The predicted octanol–water partition coefficient (Wildman–Crippen LogP) is 5.03. The molecule has 7 heteroatoms. The Balaban J connectivity index is 1.65. The highest BCUT2D eigenvalue weighted by atomic mass is 32.1. The molecule has 0 saturated carbocycles. The minimum absolute atomic E-state index is 0.0646. The largest absolute Gasteiger partial charge is 0.333 e. The first-order valence-corrected chi connectivity index (χ1v) is 11.5. The predicted molar refractivity (Wildman–Crippen MR) is 128 cm³/mol. The number of hydrogen-bond donors (Lipinski definition) is 1. The Hall–Kier alpha value is -3.03. The molecule has 1 amide bonds. The second-order valence-electron chi connectivity index (χ2n) is 7.28. The molecular formula is C24H23N3O2S2. The number of nitrogens with one attached hydrogen (secondary N) is 1. The summed E-state index contributed by atoms with van der Waals surface area (Å²) in [7, 11) is 0. The summed E-state index contributed by atoms with van der Waals surface area (Å²) < 4.78 is 1.88. The van der Waals surface area contributed by atoms with Gasteiger partial charge < -0.3 is 9.88 Å². The minimum atomic E-state index is -0.139. The van der Waals surface area contributed by atoms with Crippen LogP contribution in [0.25, 0.3) is 10.9 Å². The molecular weight excluding hydrogens is 426 g/mol. The number of fused-ring (bicyclic) bond motifs is 1. The molecule has 2 aromatic carbocycles. The van der Waals surface area contributed by atoms with Gasteiger partial charge in [0.25, 0.3) is 11.5 Å². The number of amides is 1. The normalized spacial score (nSPS) is 11.0. The lowest BCUT2D eigenvalue weighted by molar-refractivity contribution is 0.0747. The molecule has 0 saturated heterocycles. The van der Waals surface area contributed by atoms with Crippen molar-refractivity contribution in [3.8, 4) is 0 Å². The van der Waals surface area contributed by atoms with Crippen LogP contribution in [0.3, 0.4) is 0 Å². The summed E-state index contributed by atoms with van der Waals surface area (Å²) in [6.07, 6.45) is 0.773. The van der Waals surface area contributed by atoms with Gasteiger partial charge in [-0.2, -0.15) is 0 Å². The summed E-state index contributed by atoms with van der Waals surface area (Å²) >= 11 is 6.95. The van der Waals surface area contributed by atoms with Gasteiger partial charge in [-0.1, -0.05) is 36.4 Å². The fraction of sp³-hybridized carbons (Fsp3) is 0.208. The first kappa shape index (κ1) is 21.2. The Morgan fingerprint density at radius 1 is 1.13 bits per heavy atom. The summed E-state index contributed by atoms with van der Waals surface area (Å²) in [6.45, 7) is 3.53. The molecule has 0 aliphatic heterocycles. The zero-order chi connectivity index (χ0) is 21.8. The highest BCUT2D eigenvalue weighted by Crippen LogP contribution is 2.18. The Kier molecular flexibility index (Phi) is 6.44. The number of nitrogens with zero attached hydrogens (tertiary/aromatic N) is 2. The number of H-pyrrole nitrogens is 1. The van der Waals surface area contributed by atoms with Crippen LogP contribution in [-0.2, 0) is 19.5 Å². The van der Waals surface area contributed by atoms with E-state index in [1.807, 2.05) is 47.5 Å². The van der Waals surface area contributed by atoms with Gasteiger partial charge in [-0.3, -0.25) is 14.2 Å². The molecule has 5 nitrogen and oxygen atoms in total. The molecule has 2 heterocycles. The molecule has 1 N–H and O–H groups in total. The maximum absolute atomic E-state index is 13.4. The molecule has 0 spiro atoms. The molecule has 0 aliphatic carbocycles. The molecule has 4 aromatic rings. The Bertz CT molecular complexity index is 1310. The maximum Gasteiger partial charge on any atom is 0.262 e. The minimum Gasteiger partial charge on any atom is -0.333 e. The van der Waals surface area contributed by atoms with E-state index >= 15 is 0 Å². The molecule has 0 fully saturated rings. The van der Waals surface area contributed by atoms with E-state index < -0.39 is 0 Å². The van der Waals surface area contributed by atoms with Crippen molar-refractivity contribution in [3.63, 3.8) is 0 Å². The van der Waals surface area contributed by atoms with Gasteiger partial charge in [0.15, 0.2) is 4.77 Å². The van der Waals surface area contributed by atoms with Gasteiger partial charge in [0.05, 0.1) is 17.4 Å². The summed E-state index contributed by atoms with van der Waals surface area (Å²) in [6, 6.07) is 19.4. The lowest BCUT2D eigenvalue weighted by atomic mass is 10.1. The average Bonchev–Trinajstić information content (AvgIpc) is 3.30. The summed E-state index contributed by atoms with van der Waals surface area (Å²) in [5.41, 5.74) is 2.18. The van der Waals surface area contributed by atoms with Gasteiger partial charge in [0.2, 0.25) is 0 Å². The molecule has 158 valence electrons. The fourth-order valence-electron chi connectivity index (χ4n) is 3.61.